The first-order valence-corrected chi connectivity index (χ1v) is 16.9. The summed E-state index contributed by atoms with van der Waals surface area (Å²) in [5.41, 5.74) is 8.92. The minimum Gasteiger partial charge on any atom is -0.269 e. The first kappa shape index (κ1) is 30.9. The number of hydrogen-bond acceptors (Lipinski definition) is 5. The molecule has 2 aromatic rings. The van der Waals surface area contributed by atoms with E-state index in [0.717, 1.165) is 35.1 Å². The molecular weight excluding hydrogens is 610 g/mol. The van der Waals surface area contributed by atoms with Crippen molar-refractivity contribution in [2.24, 2.45) is 11.8 Å². The van der Waals surface area contributed by atoms with E-state index in [4.69, 9.17) is 0 Å². The van der Waals surface area contributed by atoms with Crippen LogP contribution < -0.4 is 4.90 Å². The quantitative estimate of drug-likeness (QED) is 0.315. The Balaban J connectivity index is 1.15. The largest absolute Gasteiger partial charge is 0.272 e. The molecule has 7 heteroatoms. The number of carbonyl (C=O) groups is 4. The number of hydrazine groups is 1. The molecule has 0 spiro atoms. The molecule has 6 aliphatic rings. The number of anilines is 1. The van der Waals surface area contributed by atoms with Crippen molar-refractivity contribution in [1.29, 1.82) is 0 Å². The van der Waals surface area contributed by atoms with E-state index in [1.807, 2.05) is 61.3 Å². The van der Waals surface area contributed by atoms with E-state index in [2.05, 4.69) is 31.2 Å². The van der Waals surface area contributed by atoms with Crippen molar-refractivity contribution in [2.45, 2.75) is 46.1 Å². The zero-order valence-corrected chi connectivity index (χ0v) is 27.9. The van der Waals surface area contributed by atoms with Crippen molar-refractivity contribution in [3.8, 4) is 11.1 Å². The molecule has 4 aliphatic carbocycles. The zero-order valence-electron chi connectivity index (χ0n) is 27.9. The Hall–Kier alpha value is -5.40. The van der Waals surface area contributed by atoms with Crippen molar-refractivity contribution in [2.75, 3.05) is 11.4 Å². The summed E-state index contributed by atoms with van der Waals surface area (Å²) in [5, 5.41) is 3.22. The lowest BCUT2D eigenvalue weighted by Crippen LogP contribution is -2.61. The summed E-state index contributed by atoms with van der Waals surface area (Å²) in [5.74, 6) is -3.06. The Kier molecular flexibility index (Phi) is 7.53. The molecule has 1 atom stereocenters. The SMILES string of the molecule is CC1=CCC(N(CC2=CC=C(C)CC2)N2C(=O)C3=CC=C4C(=O)N(c5ccc(-c6ccc(C)cc6)cc5)C(=O)C5=CC=C(C2=O)C3C45)C=C1. The molecule has 8 rings (SSSR count). The Morgan fingerprint density at radius 2 is 1.20 bits per heavy atom. The molecule has 1 unspecified atom stereocenters. The monoisotopic (exact) mass is 647 g/mol. The van der Waals surface area contributed by atoms with Gasteiger partial charge in [0, 0.05) is 40.7 Å². The minimum atomic E-state index is -0.694. The van der Waals surface area contributed by atoms with E-state index in [1.165, 1.54) is 21.0 Å². The lowest BCUT2D eigenvalue weighted by molar-refractivity contribution is -0.164. The molecule has 2 aliphatic heterocycles. The molecule has 0 N–H and O–H groups in total. The van der Waals surface area contributed by atoms with Crippen molar-refractivity contribution >= 4 is 29.3 Å². The number of nitrogens with zero attached hydrogens (tertiary/aromatic N) is 3. The Labute approximate surface area is 286 Å². The zero-order chi connectivity index (χ0) is 34.0. The van der Waals surface area contributed by atoms with Gasteiger partial charge in [0.05, 0.1) is 11.7 Å². The van der Waals surface area contributed by atoms with Gasteiger partial charge < -0.3 is 0 Å². The van der Waals surface area contributed by atoms with Gasteiger partial charge in [-0.15, -0.1) is 0 Å². The molecule has 244 valence electrons. The van der Waals surface area contributed by atoms with E-state index in [0.29, 0.717) is 40.9 Å². The average Bonchev–Trinajstić information content (AvgIpc) is 3.11. The summed E-state index contributed by atoms with van der Waals surface area (Å²) in [6.07, 6.45) is 19.6. The average molecular weight is 648 g/mol. The Bertz CT molecular complexity index is 2020. The van der Waals surface area contributed by atoms with Gasteiger partial charge in [0.2, 0.25) is 0 Å². The van der Waals surface area contributed by atoms with Crippen molar-refractivity contribution in [3.63, 3.8) is 0 Å². The van der Waals surface area contributed by atoms with Crippen molar-refractivity contribution in [1.82, 2.24) is 10.0 Å². The smallest absolute Gasteiger partial charge is 0.269 e. The maximum absolute atomic E-state index is 14.4. The summed E-state index contributed by atoms with van der Waals surface area (Å²) in [6.45, 7) is 6.62. The first-order valence-electron chi connectivity index (χ1n) is 16.9. The number of imide groups is 2. The number of aryl methyl sites for hydroxylation is 1. The molecule has 0 radical (unpaired) electrons. The van der Waals surface area contributed by atoms with Gasteiger partial charge in [0.1, 0.15) is 0 Å². The molecule has 2 heterocycles. The van der Waals surface area contributed by atoms with Crippen LogP contribution in [0, 0.1) is 18.8 Å². The van der Waals surface area contributed by atoms with Gasteiger partial charge in [0.15, 0.2) is 0 Å². The van der Waals surface area contributed by atoms with E-state index in [9.17, 15) is 19.2 Å². The van der Waals surface area contributed by atoms with Crippen molar-refractivity contribution in [3.05, 3.63) is 148 Å². The maximum atomic E-state index is 14.4. The molecule has 0 aromatic heterocycles. The highest BCUT2D eigenvalue weighted by molar-refractivity contribution is 6.30. The van der Waals surface area contributed by atoms with Crippen LogP contribution in [-0.2, 0) is 19.2 Å². The van der Waals surface area contributed by atoms with Crippen LogP contribution in [0.4, 0.5) is 5.69 Å². The predicted molar refractivity (Wildman–Crippen MR) is 189 cm³/mol. The second-order valence-corrected chi connectivity index (χ2v) is 13.8. The van der Waals surface area contributed by atoms with Crippen LogP contribution in [0.25, 0.3) is 11.1 Å². The lowest BCUT2D eigenvalue weighted by Gasteiger charge is -2.48. The number of piperidine rings is 2. The minimum absolute atomic E-state index is 0.185. The lowest BCUT2D eigenvalue weighted by atomic mass is 9.64. The number of rotatable bonds is 6. The molecule has 4 amide bonds. The van der Waals surface area contributed by atoms with Gasteiger partial charge in [-0.3, -0.25) is 19.2 Å². The summed E-state index contributed by atoms with van der Waals surface area (Å²) < 4.78 is 0. The molecule has 2 saturated heterocycles. The van der Waals surface area contributed by atoms with Gasteiger partial charge in [-0.1, -0.05) is 113 Å². The third kappa shape index (κ3) is 5.16. The van der Waals surface area contributed by atoms with Gasteiger partial charge >= 0.3 is 0 Å². The number of benzene rings is 2. The normalized spacial score (nSPS) is 24.5. The third-order valence-electron chi connectivity index (χ3n) is 10.6. The highest BCUT2D eigenvalue weighted by atomic mass is 16.2. The predicted octanol–water partition coefficient (Wildman–Crippen LogP) is 7.03. The van der Waals surface area contributed by atoms with E-state index in [1.54, 1.807) is 36.4 Å². The van der Waals surface area contributed by atoms with Crippen LogP contribution in [-0.4, -0.2) is 46.2 Å². The fourth-order valence-corrected chi connectivity index (χ4v) is 7.75. The number of carbonyl (C=O) groups excluding carboxylic acids is 4. The Morgan fingerprint density at radius 3 is 1.71 bits per heavy atom. The number of hydrogen-bond donors (Lipinski definition) is 0. The van der Waals surface area contributed by atoms with Crippen LogP contribution in [0.15, 0.2) is 142 Å². The number of allylic oxidation sites excluding steroid dienone is 9. The van der Waals surface area contributed by atoms with Crippen LogP contribution in [0.1, 0.15) is 38.7 Å². The van der Waals surface area contributed by atoms with E-state index in [-0.39, 0.29) is 6.04 Å². The molecule has 2 aromatic carbocycles. The summed E-state index contributed by atoms with van der Waals surface area (Å²) in [7, 11) is 0. The highest BCUT2D eigenvalue weighted by Crippen LogP contribution is 2.50. The second-order valence-electron chi connectivity index (χ2n) is 13.8. The fraction of sp³-hybridized carbons (Fsp3) is 0.238. The van der Waals surface area contributed by atoms with Gasteiger partial charge in [0.25, 0.3) is 23.6 Å². The topological polar surface area (TPSA) is 78.0 Å². The standard InChI is InChI=1S/C42H37N3O4/c1-25-4-10-28(11-5-25)24-43(31-16-8-27(3)9-17-31)45-41(48)35-22-20-33-37-34(21-23-36(38(35)37)42(45)49)40(47)44(39(33)46)32-18-14-30(15-19-32)29-12-6-26(2)7-13-29/h4,6-10,12-16,18-23,31,37-38H,5,11,17,24H2,1-3H3. The number of amides is 4. The molecule has 0 bridgehead atoms. The van der Waals surface area contributed by atoms with Crippen LogP contribution in [0.2, 0.25) is 0 Å². The molecule has 49 heavy (non-hydrogen) atoms. The van der Waals surface area contributed by atoms with Crippen molar-refractivity contribution < 1.29 is 19.2 Å². The maximum Gasteiger partial charge on any atom is 0.272 e. The summed E-state index contributed by atoms with van der Waals surface area (Å²) in [4.78, 5) is 58.3. The molecule has 2 fully saturated rings. The van der Waals surface area contributed by atoms with Crippen LogP contribution in [0.5, 0.6) is 0 Å². The molecule has 0 saturated carbocycles. The van der Waals surface area contributed by atoms with Gasteiger partial charge in [-0.25, -0.2) is 9.91 Å². The van der Waals surface area contributed by atoms with Gasteiger partial charge in [-0.05, 0) is 63.3 Å². The fourth-order valence-electron chi connectivity index (χ4n) is 7.75. The molecule has 7 nitrogen and oxygen atoms in total. The highest BCUT2D eigenvalue weighted by Gasteiger charge is 2.55. The Morgan fingerprint density at radius 1 is 0.653 bits per heavy atom. The summed E-state index contributed by atoms with van der Waals surface area (Å²) >= 11 is 0. The summed E-state index contributed by atoms with van der Waals surface area (Å²) in [6, 6.07) is 15.4. The molecular formula is C42H37N3O4. The third-order valence-corrected chi connectivity index (χ3v) is 10.6. The van der Waals surface area contributed by atoms with E-state index < -0.39 is 35.5 Å². The first-order chi connectivity index (χ1) is 23.7. The van der Waals surface area contributed by atoms with Gasteiger partial charge in [-0.2, -0.15) is 5.01 Å². The second kappa shape index (κ2) is 11.9. The van der Waals surface area contributed by atoms with Crippen LogP contribution >= 0.6 is 0 Å². The van der Waals surface area contributed by atoms with E-state index >= 15 is 0 Å². The van der Waals surface area contributed by atoms with Crippen LogP contribution in [0.3, 0.4) is 0 Å².